The number of rotatable bonds is 2. The molecule has 0 bridgehead atoms. The molecule has 2 rings (SSSR count). The summed E-state index contributed by atoms with van der Waals surface area (Å²) in [5, 5.41) is 3.41. The maximum Gasteiger partial charge on any atom is 0.0572 e. The normalized spacial score (nSPS) is 25.1. The predicted molar refractivity (Wildman–Crippen MR) is 61.7 cm³/mol. The summed E-state index contributed by atoms with van der Waals surface area (Å²) < 4.78 is 0. The summed E-state index contributed by atoms with van der Waals surface area (Å²) >= 11 is 0. The fourth-order valence-corrected chi connectivity index (χ4v) is 2.23. The van der Waals surface area contributed by atoms with E-state index < -0.39 is 0 Å². The van der Waals surface area contributed by atoms with Gasteiger partial charge in [0.1, 0.15) is 0 Å². The highest BCUT2D eigenvalue weighted by Crippen LogP contribution is 2.20. The lowest BCUT2D eigenvalue weighted by Crippen LogP contribution is -2.50. The van der Waals surface area contributed by atoms with Crippen LogP contribution in [-0.4, -0.2) is 35.6 Å². The molecule has 1 aliphatic heterocycles. The van der Waals surface area contributed by atoms with Gasteiger partial charge in [0, 0.05) is 37.9 Å². The molecule has 2 atom stereocenters. The van der Waals surface area contributed by atoms with Crippen molar-refractivity contribution >= 4 is 0 Å². The highest BCUT2D eigenvalue weighted by atomic mass is 15.2. The molecule has 1 aromatic rings. The minimum Gasteiger partial charge on any atom is -0.314 e. The largest absolute Gasteiger partial charge is 0.314 e. The summed E-state index contributed by atoms with van der Waals surface area (Å²) in [4.78, 5) is 6.94. The van der Waals surface area contributed by atoms with Gasteiger partial charge in [-0.25, -0.2) is 0 Å². The monoisotopic (exact) mass is 205 g/mol. The van der Waals surface area contributed by atoms with Crippen LogP contribution in [0.1, 0.15) is 25.6 Å². The number of pyridine rings is 1. The van der Waals surface area contributed by atoms with Gasteiger partial charge in [0.25, 0.3) is 0 Å². The number of hydrogen-bond donors (Lipinski definition) is 1. The second-order valence-corrected chi connectivity index (χ2v) is 4.22. The summed E-state index contributed by atoms with van der Waals surface area (Å²) in [7, 11) is 0. The quantitative estimate of drug-likeness (QED) is 0.792. The van der Waals surface area contributed by atoms with Crippen molar-refractivity contribution < 1.29 is 0 Å². The van der Waals surface area contributed by atoms with Crippen molar-refractivity contribution in [3.63, 3.8) is 0 Å². The van der Waals surface area contributed by atoms with E-state index in [1.54, 1.807) is 0 Å². The average Bonchev–Trinajstić information content (AvgIpc) is 2.30. The highest BCUT2D eigenvalue weighted by molar-refractivity contribution is 5.08. The van der Waals surface area contributed by atoms with Gasteiger partial charge in [-0.3, -0.25) is 9.88 Å². The zero-order chi connectivity index (χ0) is 10.7. The van der Waals surface area contributed by atoms with Crippen LogP contribution in [0.25, 0.3) is 0 Å². The van der Waals surface area contributed by atoms with Gasteiger partial charge in [-0.15, -0.1) is 0 Å². The molecule has 82 valence electrons. The topological polar surface area (TPSA) is 28.2 Å². The van der Waals surface area contributed by atoms with Crippen molar-refractivity contribution in [1.29, 1.82) is 0 Å². The Morgan fingerprint density at radius 1 is 1.53 bits per heavy atom. The molecule has 0 radical (unpaired) electrons. The van der Waals surface area contributed by atoms with Gasteiger partial charge in [0.15, 0.2) is 0 Å². The number of nitrogens with zero attached hydrogens (tertiary/aromatic N) is 2. The summed E-state index contributed by atoms with van der Waals surface area (Å²) in [6, 6.07) is 7.15. The van der Waals surface area contributed by atoms with Gasteiger partial charge in [0.05, 0.1) is 5.69 Å². The van der Waals surface area contributed by atoms with Crippen molar-refractivity contribution in [2.24, 2.45) is 0 Å². The van der Waals surface area contributed by atoms with Crippen LogP contribution >= 0.6 is 0 Å². The Morgan fingerprint density at radius 2 is 2.40 bits per heavy atom. The fourth-order valence-electron chi connectivity index (χ4n) is 2.23. The lowest BCUT2D eigenvalue weighted by Gasteiger charge is -2.38. The zero-order valence-corrected chi connectivity index (χ0v) is 9.48. The molecule has 2 heterocycles. The summed E-state index contributed by atoms with van der Waals surface area (Å²) in [6.45, 7) is 7.79. The minimum atomic E-state index is 0.420. The van der Waals surface area contributed by atoms with Gasteiger partial charge in [-0.05, 0) is 26.0 Å². The molecule has 0 aliphatic carbocycles. The van der Waals surface area contributed by atoms with Gasteiger partial charge < -0.3 is 5.32 Å². The van der Waals surface area contributed by atoms with Crippen LogP contribution < -0.4 is 5.32 Å². The number of nitrogens with one attached hydrogen (secondary N) is 1. The van der Waals surface area contributed by atoms with Crippen molar-refractivity contribution in [3.05, 3.63) is 30.1 Å². The maximum absolute atomic E-state index is 4.43. The van der Waals surface area contributed by atoms with E-state index in [2.05, 4.69) is 41.2 Å². The van der Waals surface area contributed by atoms with Crippen LogP contribution in [0.15, 0.2) is 24.4 Å². The molecule has 0 aromatic carbocycles. The Balaban J connectivity index is 2.09. The van der Waals surface area contributed by atoms with E-state index in [-0.39, 0.29) is 0 Å². The van der Waals surface area contributed by atoms with E-state index in [1.807, 2.05) is 12.3 Å². The molecule has 1 fully saturated rings. The van der Waals surface area contributed by atoms with Crippen molar-refractivity contribution in [2.75, 3.05) is 19.6 Å². The van der Waals surface area contributed by atoms with E-state index in [9.17, 15) is 0 Å². The van der Waals surface area contributed by atoms with Crippen LogP contribution in [0, 0.1) is 0 Å². The smallest absolute Gasteiger partial charge is 0.0572 e. The molecular weight excluding hydrogens is 186 g/mol. The average molecular weight is 205 g/mol. The molecule has 1 aromatic heterocycles. The molecule has 1 N–H and O–H groups in total. The van der Waals surface area contributed by atoms with Gasteiger partial charge >= 0.3 is 0 Å². The van der Waals surface area contributed by atoms with Crippen LogP contribution in [-0.2, 0) is 0 Å². The second kappa shape index (κ2) is 4.73. The third-order valence-corrected chi connectivity index (χ3v) is 3.17. The molecule has 1 saturated heterocycles. The summed E-state index contributed by atoms with van der Waals surface area (Å²) in [5.41, 5.74) is 1.17. The number of hydrogen-bond acceptors (Lipinski definition) is 3. The Labute approximate surface area is 91.5 Å². The third-order valence-electron chi connectivity index (χ3n) is 3.17. The molecule has 3 nitrogen and oxygen atoms in total. The Bertz CT molecular complexity index is 299. The van der Waals surface area contributed by atoms with Crippen molar-refractivity contribution in [3.8, 4) is 0 Å². The van der Waals surface area contributed by atoms with E-state index in [4.69, 9.17) is 0 Å². The van der Waals surface area contributed by atoms with Gasteiger partial charge in [0.2, 0.25) is 0 Å². The standard InChI is InChI=1S/C12H19N3/c1-10-9-13-7-8-15(10)11(2)12-5-3-4-6-14-12/h3-6,10-11,13H,7-9H2,1-2H3. The summed E-state index contributed by atoms with van der Waals surface area (Å²) in [5.74, 6) is 0. The maximum atomic E-state index is 4.43. The minimum absolute atomic E-state index is 0.420. The Hall–Kier alpha value is -0.930. The van der Waals surface area contributed by atoms with Crippen LogP contribution in [0.4, 0.5) is 0 Å². The first-order valence-corrected chi connectivity index (χ1v) is 5.66. The number of piperazine rings is 1. The van der Waals surface area contributed by atoms with E-state index in [0.29, 0.717) is 12.1 Å². The second-order valence-electron chi connectivity index (χ2n) is 4.22. The van der Waals surface area contributed by atoms with Crippen molar-refractivity contribution in [1.82, 2.24) is 15.2 Å². The van der Waals surface area contributed by atoms with Crippen LogP contribution in [0.5, 0.6) is 0 Å². The Kier molecular flexibility index (Phi) is 3.34. The first-order chi connectivity index (χ1) is 7.29. The number of aromatic nitrogens is 1. The summed E-state index contributed by atoms with van der Waals surface area (Å²) in [6.07, 6.45) is 1.87. The predicted octanol–water partition coefficient (Wildman–Crippen LogP) is 1.44. The molecule has 0 saturated carbocycles. The lowest BCUT2D eigenvalue weighted by atomic mass is 10.1. The first kappa shape index (κ1) is 10.6. The lowest BCUT2D eigenvalue weighted by molar-refractivity contribution is 0.123. The SMILES string of the molecule is CC1CNCCN1C(C)c1ccccn1. The third kappa shape index (κ3) is 2.36. The van der Waals surface area contributed by atoms with Crippen LogP contribution in [0.3, 0.4) is 0 Å². The van der Waals surface area contributed by atoms with Gasteiger partial charge in [-0.1, -0.05) is 6.07 Å². The fraction of sp³-hybridized carbons (Fsp3) is 0.583. The molecule has 15 heavy (non-hydrogen) atoms. The first-order valence-electron chi connectivity index (χ1n) is 5.66. The Morgan fingerprint density at radius 3 is 3.07 bits per heavy atom. The van der Waals surface area contributed by atoms with Gasteiger partial charge in [-0.2, -0.15) is 0 Å². The zero-order valence-electron chi connectivity index (χ0n) is 9.48. The van der Waals surface area contributed by atoms with E-state index in [1.165, 1.54) is 5.69 Å². The molecule has 0 spiro atoms. The molecule has 0 amide bonds. The molecule has 1 aliphatic rings. The van der Waals surface area contributed by atoms with E-state index in [0.717, 1.165) is 19.6 Å². The highest BCUT2D eigenvalue weighted by Gasteiger charge is 2.24. The van der Waals surface area contributed by atoms with Crippen LogP contribution in [0.2, 0.25) is 0 Å². The molecular formula is C12H19N3. The van der Waals surface area contributed by atoms with E-state index >= 15 is 0 Å². The molecule has 3 heteroatoms. The van der Waals surface area contributed by atoms with Crippen molar-refractivity contribution in [2.45, 2.75) is 25.9 Å². The molecule has 2 unspecified atom stereocenters.